The van der Waals surface area contributed by atoms with Crippen molar-refractivity contribution in [3.63, 3.8) is 0 Å². The number of nitrogens with zero attached hydrogens (tertiary/aromatic N) is 2. The summed E-state index contributed by atoms with van der Waals surface area (Å²) in [6.07, 6.45) is 2.29. The molecule has 1 aromatic carbocycles. The summed E-state index contributed by atoms with van der Waals surface area (Å²) in [6.45, 7) is 0.655. The molecule has 0 bridgehead atoms. The van der Waals surface area contributed by atoms with Gasteiger partial charge in [0, 0.05) is 25.5 Å². The first kappa shape index (κ1) is 15.3. The SMILES string of the molecule is CO.Nc1cc(Cl)cnc1C(=O)N1CCc2ccccc21. The second kappa shape index (κ2) is 6.56. The maximum atomic E-state index is 12.5. The normalized spacial score (nSPS) is 12.4. The molecule has 3 N–H and O–H groups in total. The minimum absolute atomic E-state index is 0.181. The number of pyridine rings is 1. The summed E-state index contributed by atoms with van der Waals surface area (Å²) in [6, 6.07) is 9.40. The fourth-order valence-corrected chi connectivity index (χ4v) is 2.48. The molecule has 1 aromatic heterocycles. The molecule has 0 saturated heterocycles. The number of hydrogen-bond donors (Lipinski definition) is 2. The van der Waals surface area contributed by atoms with Crippen LogP contribution in [0.25, 0.3) is 0 Å². The first-order chi connectivity index (χ1) is 10.2. The number of halogens is 1. The van der Waals surface area contributed by atoms with Gasteiger partial charge in [0.2, 0.25) is 0 Å². The highest BCUT2D eigenvalue weighted by Crippen LogP contribution is 2.29. The highest BCUT2D eigenvalue weighted by atomic mass is 35.5. The van der Waals surface area contributed by atoms with Crippen molar-refractivity contribution in [2.75, 3.05) is 24.3 Å². The van der Waals surface area contributed by atoms with Gasteiger partial charge >= 0.3 is 0 Å². The van der Waals surface area contributed by atoms with E-state index in [4.69, 9.17) is 22.4 Å². The van der Waals surface area contributed by atoms with Crippen molar-refractivity contribution >= 4 is 28.9 Å². The zero-order chi connectivity index (χ0) is 15.4. The minimum Gasteiger partial charge on any atom is -0.400 e. The minimum atomic E-state index is -0.181. The topological polar surface area (TPSA) is 79.5 Å². The number of anilines is 2. The van der Waals surface area contributed by atoms with Gasteiger partial charge in [-0.25, -0.2) is 4.98 Å². The molecule has 1 aliphatic heterocycles. The van der Waals surface area contributed by atoms with E-state index in [9.17, 15) is 4.79 Å². The predicted octanol–water partition coefficient (Wildman–Crippen LogP) is 2.13. The van der Waals surface area contributed by atoms with Crippen LogP contribution in [0.3, 0.4) is 0 Å². The van der Waals surface area contributed by atoms with Crippen molar-refractivity contribution in [1.82, 2.24) is 4.98 Å². The molecule has 3 rings (SSSR count). The number of aliphatic hydroxyl groups excluding tert-OH is 1. The number of nitrogen functional groups attached to an aromatic ring is 1. The van der Waals surface area contributed by atoms with Gasteiger partial charge in [0.15, 0.2) is 5.69 Å². The van der Waals surface area contributed by atoms with Crippen LogP contribution in [-0.4, -0.2) is 29.7 Å². The Bertz CT molecular complexity index is 661. The largest absolute Gasteiger partial charge is 0.400 e. The van der Waals surface area contributed by atoms with E-state index in [-0.39, 0.29) is 11.6 Å². The Labute approximate surface area is 128 Å². The van der Waals surface area contributed by atoms with Crippen LogP contribution in [0.2, 0.25) is 5.02 Å². The summed E-state index contributed by atoms with van der Waals surface area (Å²) in [4.78, 5) is 18.2. The van der Waals surface area contributed by atoms with Crippen LogP contribution in [-0.2, 0) is 6.42 Å². The lowest BCUT2D eigenvalue weighted by atomic mass is 10.2. The van der Waals surface area contributed by atoms with Crippen LogP contribution in [0, 0.1) is 0 Å². The van der Waals surface area contributed by atoms with Crippen LogP contribution in [0.4, 0.5) is 11.4 Å². The van der Waals surface area contributed by atoms with Crippen LogP contribution in [0.5, 0.6) is 0 Å². The molecule has 1 aliphatic rings. The van der Waals surface area contributed by atoms with Gasteiger partial charge in [-0.15, -0.1) is 0 Å². The summed E-state index contributed by atoms with van der Waals surface area (Å²) < 4.78 is 0. The van der Waals surface area contributed by atoms with Crippen molar-refractivity contribution in [1.29, 1.82) is 0 Å². The van der Waals surface area contributed by atoms with E-state index in [1.54, 1.807) is 11.0 Å². The van der Waals surface area contributed by atoms with E-state index in [1.165, 1.54) is 11.8 Å². The summed E-state index contributed by atoms with van der Waals surface area (Å²) in [7, 11) is 1.00. The third-order valence-electron chi connectivity index (χ3n) is 3.22. The molecule has 0 spiro atoms. The molecular weight excluding hydrogens is 290 g/mol. The maximum absolute atomic E-state index is 12.5. The van der Waals surface area contributed by atoms with Gasteiger partial charge < -0.3 is 15.7 Å². The average molecular weight is 306 g/mol. The molecule has 5 nitrogen and oxygen atoms in total. The van der Waals surface area contributed by atoms with Gasteiger partial charge in [0.25, 0.3) is 5.91 Å². The number of benzene rings is 1. The molecule has 0 atom stereocenters. The number of amides is 1. The number of para-hydroxylation sites is 1. The molecule has 0 unspecified atom stereocenters. The number of rotatable bonds is 1. The van der Waals surface area contributed by atoms with E-state index in [2.05, 4.69) is 4.98 Å². The molecule has 0 aliphatic carbocycles. The summed E-state index contributed by atoms with van der Waals surface area (Å²) in [5, 5.41) is 7.43. The lowest BCUT2D eigenvalue weighted by molar-refractivity contribution is 0.0985. The van der Waals surface area contributed by atoms with Gasteiger partial charge in [0.05, 0.1) is 10.7 Å². The van der Waals surface area contributed by atoms with Crippen molar-refractivity contribution in [2.45, 2.75) is 6.42 Å². The van der Waals surface area contributed by atoms with Crippen LogP contribution >= 0.6 is 11.6 Å². The standard InChI is InChI=1S/C14H12ClN3O.CH4O/c15-10-7-11(16)13(17-8-10)14(19)18-6-5-9-3-1-2-4-12(9)18;1-2/h1-4,7-8H,5-6,16H2;2H,1H3. The Morgan fingerprint density at radius 1 is 1.38 bits per heavy atom. The fraction of sp³-hybridized carbons (Fsp3) is 0.200. The molecule has 1 amide bonds. The molecule has 110 valence electrons. The second-order valence-electron chi connectivity index (χ2n) is 4.43. The van der Waals surface area contributed by atoms with Gasteiger partial charge in [-0.05, 0) is 24.1 Å². The average Bonchev–Trinajstić information content (AvgIpc) is 2.92. The van der Waals surface area contributed by atoms with E-state index in [0.717, 1.165) is 19.2 Å². The van der Waals surface area contributed by atoms with Crippen LogP contribution in [0.15, 0.2) is 36.5 Å². The van der Waals surface area contributed by atoms with Crippen molar-refractivity contribution < 1.29 is 9.90 Å². The Morgan fingerprint density at radius 2 is 2.10 bits per heavy atom. The van der Waals surface area contributed by atoms with Gasteiger partial charge in [-0.2, -0.15) is 0 Å². The molecule has 0 radical (unpaired) electrons. The number of aromatic nitrogens is 1. The van der Waals surface area contributed by atoms with Gasteiger partial charge in [-0.1, -0.05) is 29.8 Å². The van der Waals surface area contributed by atoms with Crippen LogP contribution < -0.4 is 10.6 Å². The van der Waals surface area contributed by atoms with Crippen molar-refractivity contribution in [3.05, 3.63) is 52.8 Å². The third-order valence-corrected chi connectivity index (χ3v) is 3.43. The number of hydrogen-bond acceptors (Lipinski definition) is 4. The first-order valence-corrected chi connectivity index (χ1v) is 6.80. The zero-order valence-electron chi connectivity index (χ0n) is 11.6. The van der Waals surface area contributed by atoms with Gasteiger partial charge in [-0.3, -0.25) is 4.79 Å². The highest BCUT2D eigenvalue weighted by Gasteiger charge is 2.27. The lowest BCUT2D eigenvalue weighted by Gasteiger charge is -2.17. The Morgan fingerprint density at radius 3 is 2.81 bits per heavy atom. The number of fused-ring (bicyclic) bond motifs is 1. The quantitative estimate of drug-likeness (QED) is 0.846. The summed E-state index contributed by atoms with van der Waals surface area (Å²) >= 11 is 5.79. The lowest BCUT2D eigenvalue weighted by Crippen LogP contribution is -2.30. The Balaban J connectivity index is 0.000000774. The molecule has 2 aromatic rings. The smallest absolute Gasteiger partial charge is 0.279 e. The zero-order valence-corrected chi connectivity index (χ0v) is 12.3. The molecule has 21 heavy (non-hydrogen) atoms. The number of nitrogens with two attached hydrogens (primary N) is 1. The van der Waals surface area contributed by atoms with E-state index in [0.29, 0.717) is 17.3 Å². The monoisotopic (exact) mass is 305 g/mol. The fourth-order valence-electron chi connectivity index (χ4n) is 2.31. The summed E-state index contributed by atoms with van der Waals surface area (Å²) in [5.41, 5.74) is 8.48. The number of aliphatic hydroxyl groups is 1. The molecule has 0 fully saturated rings. The molecule has 2 heterocycles. The van der Waals surface area contributed by atoms with Crippen molar-refractivity contribution in [3.8, 4) is 0 Å². The van der Waals surface area contributed by atoms with E-state index >= 15 is 0 Å². The highest BCUT2D eigenvalue weighted by molar-refractivity contribution is 6.30. The molecular formula is C15H16ClN3O2. The number of carbonyl (C=O) groups excluding carboxylic acids is 1. The Hall–Kier alpha value is -2.11. The van der Waals surface area contributed by atoms with E-state index < -0.39 is 0 Å². The molecule has 6 heteroatoms. The Kier molecular flexibility index (Phi) is 4.77. The third kappa shape index (κ3) is 2.99. The number of carbonyl (C=O) groups is 1. The van der Waals surface area contributed by atoms with Crippen molar-refractivity contribution in [2.24, 2.45) is 0 Å². The summed E-state index contributed by atoms with van der Waals surface area (Å²) in [5.74, 6) is -0.181. The molecule has 0 saturated carbocycles. The maximum Gasteiger partial charge on any atom is 0.279 e. The first-order valence-electron chi connectivity index (χ1n) is 6.42. The predicted molar refractivity (Wildman–Crippen MR) is 83.6 cm³/mol. The van der Waals surface area contributed by atoms with Crippen LogP contribution in [0.1, 0.15) is 16.1 Å². The van der Waals surface area contributed by atoms with E-state index in [1.807, 2.05) is 24.3 Å². The van der Waals surface area contributed by atoms with Gasteiger partial charge in [0.1, 0.15) is 0 Å². The second-order valence-corrected chi connectivity index (χ2v) is 4.86.